The maximum absolute atomic E-state index is 12.6. The molecule has 2 aromatic carbocycles. The maximum atomic E-state index is 12.6. The van der Waals surface area contributed by atoms with Crippen LogP contribution in [0.15, 0.2) is 47.3 Å². The number of nitrogens with one attached hydrogen (secondary N) is 2. The number of pyridine rings is 1. The molecule has 0 saturated carbocycles. The minimum Gasteiger partial charge on any atom is -0.455 e. The van der Waals surface area contributed by atoms with Crippen molar-refractivity contribution in [3.05, 3.63) is 85.2 Å². The number of hydrogen-bond acceptors (Lipinski definition) is 4. The van der Waals surface area contributed by atoms with E-state index in [2.05, 4.69) is 10.3 Å². The molecule has 0 unspecified atom stereocenters. The number of nitrogens with zero attached hydrogens (tertiary/aromatic N) is 1. The SMILES string of the molecule is Cc1[nH]c(=O)c(C#N)c(C)c1CCC(=O)Nc1cc(Cl)ccc1Oc1ccc(Cl)cc1. The third kappa shape index (κ3) is 5.46. The van der Waals surface area contributed by atoms with Gasteiger partial charge in [0.05, 0.1) is 5.69 Å². The number of benzene rings is 2. The number of carbonyl (C=O) groups excluding carboxylic acids is 1. The van der Waals surface area contributed by atoms with Crippen molar-refractivity contribution >= 4 is 34.8 Å². The van der Waals surface area contributed by atoms with Crippen LogP contribution in [-0.2, 0) is 11.2 Å². The fraction of sp³-hybridized carbons (Fsp3) is 0.174. The van der Waals surface area contributed by atoms with Gasteiger partial charge in [-0.3, -0.25) is 9.59 Å². The summed E-state index contributed by atoms with van der Waals surface area (Å²) in [5.74, 6) is 0.737. The van der Waals surface area contributed by atoms with Crippen LogP contribution in [0.4, 0.5) is 5.69 Å². The molecule has 3 aromatic rings. The van der Waals surface area contributed by atoms with Crippen LogP contribution in [0.2, 0.25) is 10.0 Å². The van der Waals surface area contributed by atoms with Gasteiger partial charge in [0.25, 0.3) is 5.56 Å². The van der Waals surface area contributed by atoms with Crippen molar-refractivity contribution < 1.29 is 9.53 Å². The number of anilines is 1. The lowest BCUT2D eigenvalue weighted by molar-refractivity contribution is -0.116. The first-order chi connectivity index (χ1) is 14.8. The molecule has 0 aliphatic heterocycles. The van der Waals surface area contributed by atoms with E-state index in [0.717, 1.165) is 5.56 Å². The zero-order valence-corrected chi connectivity index (χ0v) is 18.4. The Morgan fingerprint density at radius 3 is 2.48 bits per heavy atom. The molecule has 0 aliphatic carbocycles. The van der Waals surface area contributed by atoms with Crippen molar-refractivity contribution in [2.75, 3.05) is 5.32 Å². The van der Waals surface area contributed by atoms with E-state index >= 15 is 0 Å². The van der Waals surface area contributed by atoms with E-state index in [1.807, 2.05) is 6.07 Å². The average molecular weight is 456 g/mol. The van der Waals surface area contributed by atoms with Gasteiger partial charge >= 0.3 is 0 Å². The summed E-state index contributed by atoms with van der Waals surface area (Å²) in [6.45, 7) is 3.46. The molecule has 1 amide bonds. The van der Waals surface area contributed by atoms with Crippen LogP contribution in [0.1, 0.15) is 28.8 Å². The second kappa shape index (κ2) is 9.69. The van der Waals surface area contributed by atoms with E-state index in [9.17, 15) is 14.9 Å². The number of hydrogen-bond donors (Lipinski definition) is 2. The van der Waals surface area contributed by atoms with Gasteiger partial charge < -0.3 is 15.0 Å². The highest BCUT2D eigenvalue weighted by Gasteiger charge is 2.15. The molecule has 3 rings (SSSR count). The predicted molar refractivity (Wildman–Crippen MR) is 121 cm³/mol. The molecule has 8 heteroatoms. The summed E-state index contributed by atoms with van der Waals surface area (Å²) in [4.78, 5) is 27.2. The Morgan fingerprint density at radius 1 is 1.13 bits per heavy atom. The number of rotatable bonds is 6. The van der Waals surface area contributed by atoms with Crippen LogP contribution in [-0.4, -0.2) is 10.9 Å². The molecule has 0 spiro atoms. The van der Waals surface area contributed by atoms with Crippen molar-refractivity contribution in [2.24, 2.45) is 0 Å². The van der Waals surface area contributed by atoms with Crippen LogP contribution < -0.4 is 15.6 Å². The summed E-state index contributed by atoms with van der Waals surface area (Å²) >= 11 is 12.0. The minimum absolute atomic E-state index is 0.0644. The fourth-order valence-electron chi connectivity index (χ4n) is 3.19. The Morgan fingerprint density at radius 2 is 1.81 bits per heavy atom. The molecule has 0 fully saturated rings. The minimum atomic E-state index is -0.423. The number of H-pyrrole nitrogens is 1. The van der Waals surface area contributed by atoms with Crippen molar-refractivity contribution in [3.8, 4) is 17.6 Å². The van der Waals surface area contributed by atoms with E-state index in [1.165, 1.54) is 0 Å². The highest BCUT2D eigenvalue weighted by atomic mass is 35.5. The smallest absolute Gasteiger partial charge is 0.266 e. The van der Waals surface area contributed by atoms with Gasteiger partial charge in [-0.1, -0.05) is 23.2 Å². The molecule has 1 aromatic heterocycles. The van der Waals surface area contributed by atoms with Gasteiger partial charge in [-0.15, -0.1) is 0 Å². The van der Waals surface area contributed by atoms with Crippen LogP contribution in [0.25, 0.3) is 0 Å². The Labute approximate surface area is 189 Å². The zero-order valence-electron chi connectivity index (χ0n) is 16.9. The van der Waals surface area contributed by atoms with Gasteiger partial charge in [-0.25, -0.2) is 0 Å². The molecule has 0 bridgehead atoms. The summed E-state index contributed by atoms with van der Waals surface area (Å²) in [6.07, 6.45) is 0.508. The number of aromatic nitrogens is 1. The Hall–Kier alpha value is -3.27. The first kappa shape index (κ1) is 22.4. The number of aromatic amines is 1. The summed E-state index contributed by atoms with van der Waals surface area (Å²) in [5.41, 5.74) is 2.08. The fourth-order valence-corrected chi connectivity index (χ4v) is 3.49. The number of ether oxygens (including phenoxy) is 1. The molecule has 158 valence electrons. The number of aryl methyl sites for hydroxylation is 1. The molecule has 0 atom stereocenters. The van der Waals surface area contributed by atoms with Crippen molar-refractivity contribution in [1.82, 2.24) is 4.98 Å². The first-order valence-electron chi connectivity index (χ1n) is 9.43. The second-order valence-corrected chi connectivity index (χ2v) is 7.79. The predicted octanol–water partition coefficient (Wildman–Crippen LogP) is 5.53. The van der Waals surface area contributed by atoms with Crippen LogP contribution in [0.3, 0.4) is 0 Å². The summed E-state index contributed by atoms with van der Waals surface area (Å²) < 4.78 is 5.86. The van der Waals surface area contributed by atoms with Crippen molar-refractivity contribution in [1.29, 1.82) is 5.26 Å². The molecule has 0 aliphatic rings. The molecule has 0 saturated heterocycles. The molecule has 6 nitrogen and oxygen atoms in total. The highest BCUT2D eigenvalue weighted by Crippen LogP contribution is 2.32. The Kier molecular flexibility index (Phi) is 7.01. The van der Waals surface area contributed by atoms with Crippen LogP contribution >= 0.6 is 23.2 Å². The largest absolute Gasteiger partial charge is 0.455 e. The lowest BCUT2D eigenvalue weighted by Gasteiger charge is -2.14. The molecule has 31 heavy (non-hydrogen) atoms. The van der Waals surface area contributed by atoms with Gasteiger partial charge in [-0.2, -0.15) is 5.26 Å². The lowest BCUT2D eigenvalue weighted by atomic mass is 9.99. The third-order valence-corrected chi connectivity index (χ3v) is 5.27. The van der Waals surface area contributed by atoms with E-state index < -0.39 is 5.56 Å². The monoisotopic (exact) mass is 455 g/mol. The maximum Gasteiger partial charge on any atom is 0.266 e. The number of amides is 1. The Bertz CT molecular complexity index is 1230. The zero-order chi connectivity index (χ0) is 22.5. The second-order valence-electron chi connectivity index (χ2n) is 6.91. The summed E-state index contributed by atoms with van der Waals surface area (Å²) in [7, 11) is 0. The lowest BCUT2D eigenvalue weighted by Crippen LogP contribution is -2.18. The van der Waals surface area contributed by atoms with Crippen LogP contribution in [0.5, 0.6) is 11.5 Å². The number of carbonyl (C=O) groups is 1. The van der Waals surface area contributed by atoms with Gasteiger partial charge in [0.1, 0.15) is 17.4 Å². The summed E-state index contributed by atoms with van der Waals surface area (Å²) in [5, 5.41) is 13.1. The van der Waals surface area contributed by atoms with Gasteiger partial charge in [0.15, 0.2) is 5.75 Å². The normalized spacial score (nSPS) is 10.4. The van der Waals surface area contributed by atoms with Gasteiger partial charge in [-0.05, 0) is 73.9 Å². The van der Waals surface area contributed by atoms with Crippen LogP contribution in [0, 0.1) is 25.2 Å². The number of nitriles is 1. The van der Waals surface area contributed by atoms with E-state index in [1.54, 1.807) is 56.3 Å². The summed E-state index contributed by atoms with van der Waals surface area (Å²) in [6, 6.07) is 13.7. The first-order valence-corrected chi connectivity index (χ1v) is 10.2. The number of halogens is 2. The van der Waals surface area contributed by atoms with Gasteiger partial charge in [0, 0.05) is 22.2 Å². The molecule has 1 heterocycles. The average Bonchev–Trinajstić information content (AvgIpc) is 2.71. The highest BCUT2D eigenvalue weighted by molar-refractivity contribution is 6.31. The standard InChI is InChI=1S/C23H19Cl2N3O3/c1-13-18(14(2)27-23(30)19(13)12-26)8-10-22(29)28-20-11-16(25)5-9-21(20)31-17-6-3-15(24)4-7-17/h3-7,9,11H,8,10H2,1-2H3,(H,27,30)(H,28,29). The molecule has 2 N–H and O–H groups in total. The van der Waals surface area contributed by atoms with Crippen molar-refractivity contribution in [2.45, 2.75) is 26.7 Å². The third-order valence-electron chi connectivity index (χ3n) is 4.78. The molecular weight excluding hydrogens is 437 g/mol. The van der Waals surface area contributed by atoms with Gasteiger partial charge in [0.2, 0.25) is 5.91 Å². The topological polar surface area (TPSA) is 95.0 Å². The van der Waals surface area contributed by atoms with E-state index in [0.29, 0.717) is 44.9 Å². The van der Waals surface area contributed by atoms with E-state index in [-0.39, 0.29) is 17.9 Å². The molecule has 0 radical (unpaired) electrons. The Balaban J connectivity index is 1.75. The van der Waals surface area contributed by atoms with Crippen molar-refractivity contribution in [3.63, 3.8) is 0 Å². The van der Waals surface area contributed by atoms with E-state index in [4.69, 9.17) is 27.9 Å². The molecular formula is C23H19Cl2N3O3. The quantitative estimate of drug-likeness (QED) is 0.510.